The molecule has 0 saturated carbocycles. The molecule has 2 nitrogen and oxygen atoms in total. The molecule has 0 radical (unpaired) electrons. The van der Waals surface area contributed by atoms with Crippen LogP contribution in [0.5, 0.6) is 0 Å². The van der Waals surface area contributed by atoms with Gasteiger partial charge in [-0.05, 0) is 44.1 Å². The largest absolute Gasteiger partial charge is 0.326 e. The van der Waals surface area contributed by atoms with Gasteiger partial charge in [0.25, 0.3) is 0 Å². The number of nitrogens with zero attached hydrogens (tertiary/aromatic N) is 1. The molecule has 1 aliphatic heterocycles. The van der Waals surface area contributed by atoms with Crippen molar-refractivity contribution in [3.8, 4) is 0 Å². The van der Waals surface area contributed by atoms with E-state index in [9.17, 15) is 0 Å². The van der Waals surface area contributed by atoms with Crippen LogP contribution in [0, 0.1) is 0 Å². The number of hydrogen-bond donors (Lipinski definition) is 1. The molecule has 1 aromatic rings. The van der Waals surface area contributed by atoms with Gasteiger partial charge in [-0.3, -0.25) is 4.90 Å². The maximum atomic E-state index is 6.28. The Hall–Kier alpha value is -0.0900. The third-order valence-electron chi connectivity index (χ3n) is 3.21. The normalized spacial score (nSPS) is 27.0. The fourth-order valence-corrected chi connectivity index (χ4v) is 3.19. The van der Waals surface area contributed by atoms with E-state index in [4.69, 9.17) is 17.3 Å². The number of likely N-dealkylation sites (tertiary alicyclic amines) is 1. The first-order chi connectivity index (χ1) is 7.59. The molecule has 2 rings (SSSR count). The molecule has 2 N–H and O–H groups in total. The van der Waals surface area contributed by atoms with Crippen molar-refractivity contribution in [1.29, 1.82) is 0 Å². The first-order valence-electron chi connectivity index (χ1n) is 5.50. The van der Waals surface area contributed by atoms with Gasteiger partial charge in [0.15, 0.2) is 0 Å². The van der Waals surface area contributed by atoms with Gasteiger partial charge in [0, 0.05) is 15.5 Å². The molecule has 16 heavy (non-hydrogen) atoms. The zero-order valence-electron chi connectivity index (χ0n) is 9.29. The fraction of sp³-hybridized carbons (Fsp3) is 0.500. The summed E-state index contributed by atoms with van der Waals surface area (Å²) in [5.74, 6) is 0. The first kappa shape index (κ1) is 12.4. The molecule has 0 amide bonds. The molecule has 0 spiro atoms. The second-order valence-electron chi connectivity index (χ2n) is 4.40. The van der Waals surface area contributed by atoms with Crippen molar-refractivity contribution in [2.75, 3.05) is 13.6 Å². The molecule has 1 aromatic carbocycles. The zero-order valence-corrected chi connectivity index (χ0v) is 11.6. The van der Waals surface area contributed by atoms with E-state index in [1.54, 1.807) is 0 Å². The molecule has 88 valence electrons. The summed E-state index contributed by atoms with van der Waals surface area (Å²) in [5.41, 5.74) is 7.33. The van der Waals surface area contributed by atoms with Crippen LogP contribution in [0.2, 0.25) is 5.02 Å². The number of hydrogen-bond acceptors (Lipinski definition) is 2. The highest BCUT2D eigenvalue weighted by atomic mass is 79.9. The average Bonchev–Trinajstić information content (AvgIpc) is 2.20. The maximum Gasteiger partial charge on any atom is 0.0511 e. The monoisotopic (exact) mass is 302 g/mol. The van der Waals surface area contributed by atoms with E-state index in [-0.39, 0.29) is 12.1 Å². The summed E-state index contributed by atoms with van der Waals surface area (Å²) >= 11 is 9.70. The second-order valence-corrected chi connectivity index (χ2v) is 5.72. The number of piperidine rings is 1. The van der Waals surface area contributed by atoms with Crippen molar-refractivity contribution >= 4 is 27.5 Å². The smallest absolute Gasteiger partial charge is 0.0511 e. The summed E-state index contributed by atoms with van der Waals surface area (Å²) in [7, 11) is 2.11. The molecular weight excluding hydrogens is 288 g/mol. The number of nitrogens with two attached hydrogens (primary N) is 1. The number of benzene rings is 1. The Morgan fingerprint density at radius 1 is 1.50 bits per heavy atom. The van der Waals surface area contributed by atoms with Gasteiger partial charge in [-0.25, -0.2) is 0 Å². The topological polar surface area (TPSA) is 29.3 Å². The Kier molecular flexibility index (Phi) is 3.90. The van der Waals surface area contributed by atoms with Crippen molar-refractivity contribution in [3.05, 3.63) is 33.3 Å². The van der Waals surface area contributed by atoms with E-state index in [1.807, 2.05) is 12.1 Å². The lowest BCUT2D eigenvalue weighted by Gasteiger charge is -2.38. The predicted molar refractivity (Wildman–Crippen MR) is 71.7 cm³/mol. The number of halogens is 2. The van der Waals surface area contributed by atoms with E-state index in [2.05, 4.69) is 33.9 Å². The van der Waals surface area contributed by atoms with E-state index >= 15 is 0 Å². The molecule has 1 heterocycles. The Morgan fingerprint density at radius 3 is 2.88 bits per heavy atom. The molecule has 1 fully saturated rings. The fourth-order valence-electron chi connectivity index (χ4n) is 2.41. The minimum atomic E-state index is 0.178. The standard InChI is InChI=1S/C12H16BrClN2/c1-16-6-2-3-11(15)12(16)9-5-4-8(13)7-10(9)14/h4-5,7,11-12H,2-3,6,15H2,1H3. The van der Waals surface area contributed by atoms with Crippen molar-refractivity contribution in [1.82, 2.24) is 4.90 Å². The lowest BCUT2D eigenvalue weighted by atomic mass is 9.91. The Balaban J connectivity index is 2.34. The molecule has 0 aliphatic carbocycles. The third kappa shape index (κ3) is 2.43. The highest BCUT2D eigenvalue weighted by molar-refractivity contribution is 9.10. The van der Waals surface area contributed by atoms with Gasteiger partial charge >= 0.3 is 0 Å². The van der Waals surface area contributed by atoms with Crippen molar-refractivity contribution in [3.63, 3.8) is 0 Å². The van der Waals surface area contributed by atoms with Crippen LogP contribution >= 0.6 is 27.5 Å². The van der Waals surface area contributed by atoms with Crippen LogP contribution in [-0.2, 0) is 0 Å². The van der Waals surface area contributed by atoms with E-state index in [0.29, 0.717) is 0 Å². The first-order valence-corrected chi connectivity index (χ1v) is 6.67. The van der Waals surface area contributed by atoms with Crippen LogP contribution in [0.4, 0.5) is 0 Å². The highest BCUT2D eigenvalue weighted by Gasteiger charge is 2.29. The Morgan fingerprint density at radius 2 is 2.25 bits per heavy atom. The Bertz CT molecular complexity index is 373. The summed E-state index contributed by atoms with van der Waals surface area (Å²) in [4.78, 5) is 2.29. The van der Waals surface area contributed by atoms with Gasteiger partial charge in [0.2, 0.25) is 0 Å². The lowest BCUT2D eigenvalue weighted by molar-refractivity contribution is 0.163. The third-order valence-corrected chi connectivity index (χ3v) is 4.03. The van der Waals surface area contributed by atoms with E-state index in [1.165, 1.54) is 6.42 Å². The summed E-state index contributed by atoms with van der Waals surface area (Å²) in [6.07, 6.45) is 2.24. The van der Waals surface area contributed by atoms with Gasteiger partial charge in [-0.2, -0.15) is 0 Å². The van der Waals surface area contributed by atoms with Gasteiger partial charge in [0.1, 0.15) is 0 Å². The second kappa shape index (κ2) is 5.05. The summed E-state index contributed by atoms with van der Waals surface area (Å²) in [6, 6.07) is 6.45. The van der Waals surface area contributed by atoms with Crippen LogP contribution in [-0.4, -0.2) is 24.5 Å². The minimum Gasteiger partial charge on any atom is -0.326 e. The molecule has 1 saturated heterocycles. The summed E-state index contributed by atoms with van der Waals surface area (Å²) in [5, 5.41) is 0.795. The predicted octanol–water partition coefficient (Wildman–Crippen LogP) is 3.20. The quantitative estimate of drug-likeness (QED) is 0.863. The SMILES string of the molecule is CN1CCCC(N)C1c1ccc(Br)cc1Cl. The minimum absolute atomic E-state index is 0.178. The summed E-state index contributed by atoms with van der Waals surface area (Å²) < 4.78 is 1.01. The Labute approximate surface area is 110 Å². The van der Waals surface area contributed by atoms with Crippen LogP contribution in [0.3, 0.4) is 0 Å². The molecule has 2 atom stereocenters. The molecule has 0 aromatic heterocycles. The van der Waals surface area contributed by atoms with E-state index < -0.39 is 0 Å². The lowest BCUT2D eigenvalue weighted by Crippen LogP contribution is -2.43. The van der Waals surface area contributed by atoms with Crippen LogP contribution < -0.4 is 5.73 Å². The van der Waals surface area contributed by atoms with E-state index in [0.717, 1.165) is 28.0 Å². The van der Waals surface area contributed by atoms with Crippen molar-refractivity contribution in [2.24, 2.45) is 5.73 Å². The zero-order chi connectivity index (χ0) is 11.7. The van der Waals surface area contributed by atoms with Crippen LogP contribution in [0.1, 0.15) is 24.4 Å². The molecule has 1 aliphatic rings. The van der Waals surface area contributed by atoms with Crippen molar-refractivity contribution < 1.29 is 0 Å². The molecular formula is C12H16BrClN2. The van der Waals surface area contributed by atoms with Gasteiger partial charge in [-0.15, -0.1) is 0 Å². The summed E-state index contributed by atoms with van der Waals surface area (Å²) in [6.45, 7) is 1.09. The average molecular weight is 304 g/mol. The number of likely N-dealkylation sites (N-methyl/N-ethyl adjacent to an activating group) is 1. The molecule has 4 heteroatoms. The van der Waals surface area contributed by atoms with Gasteiger partial charge in [0.05, 0.1) is 6.04 Å². The van der Waals surface area contributed by atoms with Crippen LogP contribution in [0.25, 0.3) is 0 Å². The van der Waals surface area contributed by atoms with Crippen LogP contribution in [0.15, 0.2) is 22.7 Å². The van der Waals surface area contributed by atoms with Gasteiger partial charge < -0.3 is 5.73 Å². The molecule has 0 bridgehead atoms. The number of rotatable bonds is 1. The maximum absolute atomic E-state index is 6.28. The van der Waals surface area contributed by atoms with Gasteiger partial charge in [-0.1, -0.05) is 33.6 Å². The highest BCUT2D eigenvalue weighted by Crippen LogP contribution is 2.34. The van der Waals surface area contributed by atoms with Crippen molar-refractivity contribution in [2.45, 2.75) is 24.9 Å². The molecule has 2 unspecified atom stereocenters.